The van der Waals surface area contributed by atoms with Crippen molar-refractivity contribution in [1.29, 1.82) is 0 Å². The van der Waals surface area contributed by atoms with E-state index in [2.05, 4.69) is 15.0 Å². The van der Waals surface area contributed by atoms with Gasteiger partial charge < -0.3 is 15.8 Å². The Kier molecular flexibility index (Phi) is 7.75. The van der Waals surface area contributed by atoms with Crippen LogP contribution in [0.4, 0.5) is 32.0 Å². The van der Waals surface area contributed by atoms with Gasteiger partial charge in [0.15, 0.2) is 5.96 Å². The van der Waals surface area contributed by atoms with Crippen LogP contribution >= 0.6 is 24.0 Å². The van der Waals surface area contributed by atoms with Gasteiger partial charge in [0.05, 0.1) is 12.1 Å². The smallest absolute Gasteiger partial charge is 0.406 e. The maximum Gasteiger partial charge on any atom is 0.573 e. The van der Waals surface area contributed by atoms with Crippen LogP contribution in [0.5, 0.6) is 5.75 Å². The fourth-order valence-electron chi connectivity index (χ4n) is 1.90. The predicted octanol–water partition coefficient (Wildman–Crippen LogP) is 5.15. The number of alkyl halides is 6. The van der Waals surface area contributed by atoms with Gasteiger partial charge in [-0.15, -0.1) is 37.1 Å². The lowest BCUT2D eigenvalue weighted by Crippen LogP contribution is -2.22. The van der Waals surface area contributed by atoms with Crippen molar-refractivity contribution >= 4 is 35.6 Å². The molecular weight excluding hydrogens is 491 g/mol. The van der Waals surface area contributed by atoms with Crippen molar-refractivity contribution in [3.63, 3.8) is 0 Å². The van der Waals surface area contributed by atoms with E-state index < -0.39 is 18.1 Å². The third kappa shape index (κ3) is 7.93. The first-order chi connectivity index (χ1) is 12.0. The lowest BCUT2D eigenvalue weighted by molar-refractivity contribution is -0.274. The lowest BCUT2D eigenvalue weighted by atomic mass is 10.1. The fourth-order valence-corrected chi connectivity index (χ4v) is 1.90. The molecule has 0 fully saturated rings. The average Bonchev–Trinajstić information content (AvgIpc) is 2.53. The van der Waals surface area contributed by atoms with Crippen molar-refractivity contribution in [2.45, 2.75) is 19.1 Å². The summed E-state index contributed by atoms with van der Waals surface area (Å²) in [6, 6.07) is 9.24. The molecule has 4 nitrogen and oxygen atoms in total. The second-order valence-corrected chi connectivity index (χ2v) is 5.09. The molecule has 0 heterocycles. The van der Waals surface area contributed by atoms with E-state index in [1.165, 1.54) is 24.3 Å². The van der Waals surface area contributed by atoms with Crippen molar-refractivity contribution in [3.8, 4) is 5.75 Å². The fraction of sp³-hybridized carbons (Fsp3) is 0.188. The van der Waals surface area contributed by atoms with Gasteiger partial charge in [-0.25, -0.2) is 4.99 Å². The van der Waals surface area contributed by atoms with Gasteiger partial charge in [0.25, 0.3) is 0 Å². The second kappa shape index (κ2) is 9.15. The van der Waals surface area contributed by atoms with E-state index in [0.29, 0.717) is 11.3 Å². The summed E-state index contributed by atoms with van der Waals surface area (Å²) in [4.78, 5) is 3.95. The number of nitrogens with one attached hydrogen (secondary N) is 1. The minimum atomic E-state index is -4.78. The zero-order chi connectivity index (χ0) is 19.4. The van der Waals surface area contributed by atoms with Gasteiger partial charge >= 0.3 is 12.5 Å². The Labute approximate surface area is 167 Å². The SMILES string of the molecule is I.NC(=NCc1ccc(C(F)(F)F)cc1)Nc1ccc(OC(F)(F)F)cc1. The van der Waals surface area contributed by atoms with Crippen LogP contribution in [0.15, 0.2) is 53.5 Å². The number of rotatable bonds is 4. The second-order valence-electron chi connectivity index (χ2n) is 5.09. The largest absolute Gasteiger partial charge is 0.573 e. The summed E-state index contributed by atoms with van der Waals surface area (Å²) >= 11 is 0. The summed E-state index contributed by atoms with van der Waals surface area (Å²) in [6.07, 6.45) is -9.19. The van der Waals surface area contributed by atoms with E-state index in [4.69, 9.17) is 5.73 Å². The van der Waals surface area contributed by atoms with Crippen LogP contribution in [-0.2, 0) is 12.7 Å². The number of nitrogens with two attached hydrogens (primary N) is 1. The highest BCUT2D eigenvalue weighted by atomic mass is 127. The monoisotopic (exact) mass is 505 g/mol. The first kappa shape index (κ1) is 22.9. The van der Waals surface area contributed by atoms with Crippen LogP contribution in [-0.4, -0.2) is 12.3 Å². The van der Waals surface area contributed by atoms with E-state index in [1.807, 2.05) is 0 Å². The molecule has 0 saturated carbocycles. The molecule has 2 rings (SSSR count). The molecule has 2 aromatic rings. The molecule has 0 atom stereocenters. The number of anilines is 1. The Bertz CT molecular complexity index is 758. The number of aliphatic imine (C=N–C) groups is 1. The van der Waals surface area contributed by atoms with Crippen molar-refractivity contribution in [2.24, 2.45) is 10.7 Å². The first-order valence-electron chi connectivity index (χ1n) is 7.12. The molecule has 148 valence electrons. The summed E-state index contributed by atoms with van der Waals surface area (Å²) in [5.74, 6) is -0.433. The molecule has 0 bridgehead atoms. The van der Waals surface area contributed by atoms with E-state index in [-0.39, 0.29) is 42.2 Å². The van der Waals surface area contributed by atoms with Gasteiger partial charge in [0.1, 0.15) is 5.75 Å². The minimum absolute atomic E-state index is 0. The van der Waals surface area contributed by atoms with Gasteiger partial charge in [0, 0.05) is 5.69 Å². The molecule has 0 spiro atoms. The summed E-state index contributed by atoms with van der Waals surface area (Å²) in [7, 11) is 0. The highest BCUT2D eigenvalue weighted by Crippen LogP contribution is 2.29. The molecule has 0 amide bonds. The Hall–Kier alpha value is -2.18. The number of hydrogen-bond donors (Lipinski definition) is 2. The molecule has 11 heteroatoms. The van der Waals surface area contributed by atoms with E-state index in [9.17, 15) is 26.3 Å². The Morgan fingerprint density at radius 3 is 1.96 bits per heavy atom. The Balaban J connectivity index is 0.00000364. The standard InChI is InChI=1S/C16H13F6N3O.HI/c17-15(18,19)11-3-1-10(2-4-11)9-24-14(23)25-12-5-7-13(8-6-12)26-16(20,21)22;/h1-8H,9H2,(H3,23,24,25);1H. The summed E-state index contributed by atoms with van der Waals surface area (Å²) < 4.78 is 77.3. The Morgan fingerprint density at radius 2 is 1.48 bits per heavy atom. The van der Waals surface area contributed by atoms with Crippen LogP contribution in [0.2, 0.25) is 0 Å². The molecule has 0 aliphatic rings. The minimum Gasteiger partial charge on any atom is -0.406 e. The van der Waals surface area contributed by atoms with Gasteiger partial charge in [-0.2, -0.15) is 13.2 Å². The maximum atomic E-state index is 12.5. The lowest BCUT2D eigenvalue weighted by Gasteiger charge is -2.10. The molecule has 0 radical (unpaired) electrons. The van der Waals surface area contributed by atoms with E-state index in [0.717, 1.165) is 24.3 Å². The van der Waals surface area contributed by atoms with E-state index in [1.54, 1.807) is 0 Å². The zero-order valence-corrected chi connectivity index (χ0v) is 15.8. The van der Waals surface area contributed by atoms with Gasteiger partial charge in [-0.05, 0) is 42.0 Å². The van der Waals surface area contributed by atoms with Crippen molar-refractivity contribution < 1.29 is 31.1 Å². The molecule has 0 aromatic heterocycles. The van der Waals surface area contributed by atoms with Crippen LogP contribution in [0.25, 0.3) is 0 Å². The number of halogens is 7. The number of ether oxygens (including phenoxy) is 1. The average molecular weight is 505 g/mol. The van der Waals surface area contributed by atoms with Crippen LogP contribution in [0.1, 0.15) is 11.1 Å². The van der Waals surface area contributed by atoms with E-state index >= 15 is 0 Å². The van der Waals surface area contributed by atoms with Crippen LogP contribution in [0, 0.1) is 0 Å². The summed E-state index contributed by atoms with van der Waals surface area (Å²) in [5, 5.41) is 2.65. The highest BCUT2D eigenvalue weighted by molar-refractivity contribution is 14.0. The molecule has 0 saturated heterocycles. The van der Waals surface area contributed by atoms with Gasteiger partial charge in [0.2, 0.25) is 0 Å². The van der Waals surface area contributed by atoms with Gasteiger partial charge in [-0.3, -0.25) is 0 Å². The summed E-state index contributed by atoms with van der Waals surface area (Å²) in [5.41, 5.74) is 5.75. The normalized spacial score (nSPS) is 12.3. The number of hydrogen-bond acceptors (Lipinski definition) is 2. The molecule has 2 aromatic carbocycles. The third-order valence-electron chi connectivity index (χ3n) is 3.07. The predicted molar refractivity (Wildman–Crippen MR) is 98.9 cm³/mol. The Morgan fingerprint density at radius 1 is 0.926 bits per heavy atom. The quantitative estimate of drug-likeness (QED) is 0.262. The molecule has 0 aliphatic carbocycles. The first-order valence-corrected chi connectivity index (χ1v) is 7.12. The zero-order valence-electron chi connectivity index (χ0n) is 13.4. The number of nitrogens with zero attached hydrogens (tertiary/aromatic N) is 1. The maximum absolute atomic E-state index is 12.5. The van der Waals surface area contributed by atoms with Gasteiger partial charge in [-0.1, -0.05) is 12.1 Å². The topological polar surface area (TPSA) is 59.6 Å². The molecular formula is C16H14F6IN3O. The molecule has 0 aliphatic heterocycles. The molecule has 0 unspecified atom stereocenters. The molecule has 3 N–H and O–H groups in total. The third-order valence-corrected chi connectivity index (χ3v) is 3.07. The van der Waals surface area contributed by atoms with Crippen molar-refractivity contribution in [1.82, 2.24) is 0 Å². The highest BCUT2D eigenvalue weighted by Gasteiger charge is 2.31. The van der Waals surface area contributed by atoms with Crippen LogP contribution in [0.3, 0.4) is 0 Å². The van der Waals surface area contributed by atoms with Crippen molar-refractivity contribution in [3.05, 3.63) is 59.7 Å². The number of benzene rings is 2. The molecule has 27 heavy (non-hydrogen) atoms. The summed E-state index contributed by atoms with van der Waals surface area (Å²) in [6.45, 7) is 0.0340. The van der Waals surface area contributed by atoms with Crippen LogP contribution < -0.4 is 15.8 Å². The number of guanidine groups is 1. The van der Waals surface area contributed by atoms with Crippen molar-refractivity contribution in [2.75, 3.05) is 5.32 Å².